The van der Waals surface area contributed by atoms with Gasteiger partial charge in [-0.2, -0.15) is 0 Å². The molecule has 0 aromatic heterocycles. The lowest BCUT2D eigenvalue weighted by Gasteiger charge is -2.32. The Hall–Kier alpha value is -4.38. The first-order chi connectivity index (χ1) is 17.5. The van der Waals surface area contributed by atoms with Gasteiger partial charge in [-0.3, -0.25) is 9.79 Å². The van der Waals surface area contributed by atoms with Gasteiger partial charge in [-0.25, -0.2) is 0 Å². The Morgan fingerprint density at radius 3 is 2.08 bits per heavy atom. The number of carbonyl (C=O) groups excluding carboxylic acids is 1. The van der Waals surface area contributed by atoms with Crippen molar-refractivity contribution < 1.29 is 14.3 Å². The first-order valence-corrected chi connectivity index (χ1v) is 11.9. The first-order valence-electron chi connectivity index (χ1n) is 11.9. The summed E-state index contributed by atoms with van der Waals surface area (Å²) in [5, 5.41) is 3.73. The lowest BCUT2D eigenvalue weighted by molar-refractivity contribution is 0.103. The van der Waals surface area contributed by atoms with Gasteiger partial charge in [0.25, 0.3) is 0 Å². The average Bonchev–Trinajstić information content (AvgIpc) is 3.09. The normalized spacial score (nSPS) is 16.7. The van der Waals surface area contributed by atoms with Crippen LogP contribution >= 0.6 is 0 Å². The van der Waals surface area contributed by atoms with Gasteiger partial charge in [-0.15, -0.1) is 0 Å². The maximum atomic E-state index is 13.2. The number of fused-ring (bicyclic) bond motifs is 1. The molecule has 0 spiro atoms. The molecule has 4 aromatic rings. The van der Waals surface area contributed by atoms with Crippen LogP contribution in [0, 0.1) is 0 Å². The Labute approximate surface area is 211 Å². The Morgan fingerprint density at radius 1 is 0.806 bits per heavy atom. The molecular formula is C31H28N2O3. The molecule has 36 heavy (non-hydrogen) atoms. The molecule has 0 aliphatic carbocycles. The van der Waals surface area contributed by atoms with Crippen LogP contribution in [0.1, 0.15) is 40.4 Å². The Bertz CT molecular complexity index is 1410. The zero-order chi connectivity index (χ0) is 25.1. The summed E-state index contributed by atoms with van der Waals surface area (Å²) in [6, 6.07) is 31.0. The minimum Gasteiger partial charge on any atom is -0.497 e. The van der Waals surface area contributed by atoms with Gasteiger partial charge in [0.15, 0.2) is 5.78 Å². The Kier molecular flexibility index (Phi) is 6.30. The highest BCUT2D eigenvalue weighted by Crippen LogP contribution is 2.40. The maximum absolute atomic E-state index is 13.2. The lowest BCUT2D eigenvalue weighted by atomic mass is 9.85. The summed E-state index contributed by atoms with van der Waals surface area (Å²) in [4.78, 5) is 18.2. The predicted octanol–water partition coefficient (Wildman–Crippen LogP) is 6.79. The predicted molar refractivity (Wildman–Crippen MR) is 144 cm³/mol. The standard InChI is InChI=1S/C31H28N2O3/c1-31(24-12-16-26(36-3)17-13-24)20-29(21-9-14-25(35-2)15-10-21)32-27-18-11-23(19-28(27)33-31)30(34)22-7-5-4-6-8-22/h4-19,33H,20H2,1-3H3. The Morgan fingerprint density at radius 2 is 1.44 bits per heavy atom. The molecule has 1 N–H and O–H groups in total. The number of methoxy groups -OCH3 is 2. The van der Waals surface area contributed by atoms with Gasteiger partial charge >= 0.3 is 0 Å². The number of nitrogens with zero attached hydrogens (tertiary/aromatic N) is 1. The van der Waals surface area contributed by atoms with Gasteiger partial charge in [0.05, 0.1) is 36.8 Å². The molecule has 1 unspecified atom stereocenters. The molecule has 0 amide bonds. The van der Waals surface area contributed by atoms with Crippen LogP contribution < -0.4 is 14.8 Å². The fourth-order valence-electron chi connectivity index (χ4n) is 4.58. The largest absolute Gasteiger partial charge is 0.497 e. The summed E-state index contributed by atoms with van der Waals surface area (Å²) >= 11 is 0. The number of hydrogen-bond donors (Lipinski definition) is 1. The molecule has 0 saturated heterocycles. The molecule has 1 heterocycles. The van der Waals surface area contributed by atoms with Gasteiger partial charge in [0.1, 0.15) is 11.5 Å². The number of ketones is 1. The van der Waals surface area contributed by atoms with Gasteiger partial charge in [-0.05, 0) is 72.6 Å². The van der Waals surface area contributed by atoms with E-state index in [1.54, 1.807) is 14.2 Å². The number of nitrogens with one attached hydrogen (secondary N) is 1. The number of benzene rings is 4. The highest BCUT2D eigenvalue weighted by molar-refractivity contribution is 6.10. The van der Waals surface area contributed by atoms with E-state index in [0.717, 1.165) is 39.7 Å². The minimum atomic E-state index is -0.481. The van der Waals surface area contributed by atoms with Crippen molar-refractivity contribution in [2.45, 2.75) is 18.9 Å². The van der Waals surface area contributed by atoms with Gasteiger partial charge in [-0.1, -0.05) is 42.5 Å². The molecule has 5 nitrogen and oxygen atoms in total. The van der Waals surface area contributed by atoms with E-state index in [-0.39, 0.29) is 5.78 Å². The number of anilines is 1. The second-order valence-electron chi connectivity index (χ2n) is 9.08. The molecule has 5 rings (SSSR count). The fraction of sp³-hybridized carbons (Fsp3) is 0.161. The van der Waals surface area contributed by atoms with E-state index in [4.69, 9.17) is 14.5 Å². The smallest absolute Gasteiger partial charge is 0.193 e. The second-order valence-corrected chi connectivity index (χ2v) is 9.08. The van der Waals surface area contributed by atoms with E-state index < -0.39 is 5.54 Å². The molecular weight excluding hydrogens is 448 g/mol. The van der Waals surface area contributed by atoms with Gasteiger partial charge < -0.3 is 14.8 Å². The third kappa shape index (κ3) is 4.60. The van der Waals surface area contributed by atoms with Crippen LogP contribution in [0.5, 0.6) is 11.5 Å². The summed E-state index contributed by atoms with van der Waals surface area (Å²) in [7, 11) is 3.32. The topological polar surface area (TPSA) is 59.9 Å². The van der Waals surface area contributed by atoms with Crippen molar-refractivity contribution in [2.24, 2.45) is 4.99 Å². The molecule has 0 radical (unpaired) electrons. The molecule has 1 aliphatic heterocycles. The van der Waals surface area contributed by atoms with Crippen LogP contribution in [0.4, 0.5) is 11.4 Å². The summed E-state index contributed by atoms with van der Waals surface area (Å²) < 4.78 is 10.7. The number of carbonyl (C=O) groups is 1. The summed E-state index contributed by atoms with van der Waals surface area (Å²) in [6.45, 7) is 2.16. The van der Waals surface area contributed by atoms with Crippen LogP contribution in [-0.4, -0.2) is 25.7 Å². The van der Waals surface area contributed by atoms with E-state index in [9.17, 15) is 4.79 Å². The Balaban J connectivity index is 1.61. The average molecular weight is 477 g/mol. The quantitative estimate of drug-likeness (QED) is 0.311. The zero-order valence-electron chi connectivity index (χ0n) is 20.6. The monoisotopic (exact) mass is 476 g/mol. The highest BCUT2D eigenvalue weighted by Gasteiger charge is 2.32. The third-order valence-electron chi connectivity index (χ3n) is 6.63. The van der Waals surface area contributed by atoms with Gasteiger partial charge in [0.2, 0.25) is 0 Å². The molecule has 0 saturated carbocycles. The van der Waals surface area contributed by atoms with Crippen molar-refractivity contribution in [1.82, 2.24) is 0 Å². The molecule has 0 fully saturated rings. The van der Waals surface area contributed by atoms with E-state index in [1.807, 2.05) is 84.9 Å². The molecule has 1 atom stereocenters. The van der Waals surface area contributed by atoms with E-state index >= 15 is 0 Å². The summed E-state index contributed by atoms with van der Waals surface area (Å²) in [5.41, 5.74) is 5.47. The van der Waals surface area contributed by atoms with Crippen molar-refractivity contribution in [2.75, 3.05) is 19.5 Å². The van der Waals surface area contributed by atoms with Crippen molar-refractivity contribution in [3.63, 3.8) is 0 Å². The summed E-state index contributed by atoms with van der Waals surface area (Å²) in [5.74, 6) is 1.58. The van der Waals surface area contributed by atoms with Crippen molar-refractivity contribution in [3.05, 3.63) is 119 Å². The summed E-state index contributed by atoms with van der Waals surface area (Å²) in [6.07, 6.45) is 0.641. The number of hydrogen-bond acceptors (Lipinski definition) is 5. The molecule has 180 valence electrons. The van der Waals surface area contributed by atoms with Crippen LogP contribution in [0.3, 0.4) is 0 Å². The molecule has 1 aliphatic rings. The molecule has 4 aromatic carbocycles. The second kappa shape index (κ2) is 9.70. The highest BCUT2D eigenvalue weighted by atomic mass is 16.5. The first kappa shape index (κ1) is 23.4. The van der Waals surface area contributed by atoms with Crippen LogP contribution in [-0.2, 0) is 5.54 Å². The number of aliphatic imine (C=N–C) groups is 1. The van der Waals surface area contributed by atoms with Crippen LogP contribution in [0.15, 0.2) is 102 Å². The molecule has 5 heteroatoms. The van der Waals surface area contributed by atoms with Crippen molar-refractivity contribution in [3.8, 4) is 11.5 Å². The van der Waals surface area contributed by atoms with E-state index in [1.165, 1.54) is 0 Å². The number of rotatable bonds is 6. The van der Waals surface area contributed by atoms with Crippen molar-refractivity contribution >= 4 is 22.9 Å². The minimum absolute atomic E-state index is 0.0186. The maximum Gasteiger partial charge on any atom is 0.193 e. The van der Waals surface area contributed by atoms with Gasteiger partial charge in [0, 0.05) is 17.5 Å². The SMILES string of the molecule is COc1ccc(C2=Nc3ccc(C(=O)c4ccccc4)cc3NC(C)(c3ccc(OC)cc3)C2)cc1. The molecule has 0 bridgehead atoms. The van der Waals surface area contributed by atoms with Crippen LogP contribution in [0.25, 0.3) is 0 Å². The van der Waals surface area contributed by atoms with E-state index in [2.05, 4.69) is 24.4 Å². The third-order valence-corrected chi connectivity index (χ3v) is 6.63. The fourth-order valence-corrected chi connectivity index (χ4v) is 4.58. The number of ether oxygens (including phenoxy) is 2. The van der Waals surface area contributed by atoms with E-state index in [0.29, 0.717) is 17.5 Å². The van der Waals surface area contributed by atoms with Crippen molar-refractivity contribution in [1.29, 1.82) is 0 Å². The lowest BCUT2D eigenvalue weighted by Crippen LogP contribution is -2.34. The van der Waals surface area contributed by atoms with Crippen LogP contribution in [0.2, 0.25) is 0 Å². The zero-order valence-corrected chi connectivity index (χ0v) is 20.6.